The summed E-state index contributed by atoms with van der Waals surface area (Å²) in [5, 5.41) is 13.8. The van der Waals surface area contributed by atoms with Crippen LogP contribution in [0.15, 0.2) is 35.2 Å². The Balaban J connectivity index is 2.09. The highest BCUT2D eigenvalue weighted by Crippen LogP contribution is 2.17. The molecule has 0 aliphatic carbocycles. The Kier molecular flexibility index (Phi) is 4.16. The normalized spacial score (nSPS) is 12.1. The van der Waals surface area contributed by atoms with Gasteiger partial charge in [0.2, 0.25) is 0 Å². The lowest BCUT2D eigenvalue weighted by Crippen LogP contribution is -2.36. The number of pyridine rings is 1. The minimum absolute atomic E-state index is 0.0449. The van der Waals surface area contributed by atoms with Gasteiger partial charge in [-0.05, 0) is 47.9 Å². The number of aromatic hydroxyl groups is 1. The Labute approximate surface area is 116 Å². The van der Waals surface area contributed by atoms with E-state index in [1.54, 1.807) is 29.4 Å². The summed E-state index contributed by atoms with van der Waals surface area (Å²) in [7, 11) is 1.73. The molecule has 5 heteroatoms. The van der Waals surface area contributed by atoms with E-state index in [-0.39, 0.29) is 23.4 Å². The summed E-state index contributed by atoms with van der Waals surface area (Å²) < 4.78 is 0. The van der Waals surface area contributed by atoms with Gasteiger partial charge in [-0.25, -0.2) is 4.98 Å². The molecule has 0 saturated carbocycles. The number of carbonyl (C=O) groups is 1. The first-order valence-corrected chi connectivity index (χ1v) is 6.96. The van der Waals surface area contributed by atoms with Crippen molar-refractivity contribution in [2.45, 2.75) is 19.4 Å². The third-order valence-electron chi connectivity index (χ3n) is 3.08. The minimum Gasteiger partial charge on any atom is -0.505 e. The SMILES string of the molecule is CC(Cc1ccsc1)N(C)C(=O)c1ncccc1O. The summed E-state index contributed by atoms with van der Waals surface area (Å²) in [5.74, 6) is -0.345. The second kappa shape index (κ2) is 5.84. The van der Waals surface area contributed by atoms with Crippen LogP contribution in [0.3, 0.4) is 0 Å². The van der Waals surface area contributed by atoms with Crippen molar-refractivity contribution in [2.75, 3.05) is 7.05 Å². The van der Waals surface area contributed by atoms with Crippen molar-refractivity contribution < 1.29 is 9.90 Å². The maximum absolute atomic E-state index is 12.2. The first kappa shape index (κ1) is 13.5. The van der Waals surface area contributed by atoms with E-state index in [9.17, 15) is 9.90 Å². The summed E-state index contributed by atoms with van der Waals surface area (Å²) in [6.07, 6.45) is 2.30. The fourth-order valence-corrected chi connectivity index (χ4v) is 2.50. The molecular weight excluding hydrogens is 260 g/mol. The molecule has 0 spiro atoms. The van der Waals surface area contributed by atoms with Crippen LogP contribution in [0.1, 0.15) is 23.0 Å². The maximum atomic E-state index is 12.2. The van der Waals surface area contributed by atoms with Crippen molar-refractivity contribution in [2.24, 2.45) is 0 Å². The third kappa shape index (κ3) is 3.12. The van der Waals surface area contributed by atoms with Crippen molar-refractivity contribution in [3.8, 4) is 5.75 Å². The zero-order valence-corrected chi connectivity index (χ0v) is 11.7. The number of thiophene rings is 1. The van der Waals surface area contributed by atoms with E-state index in [0.717, 1.165) is 6.42 Å². The van der Waals surface area contributed by atoms with Crippen LogP contribution >= 0.6 is 11.3 Å². The fraction of sp³-hybridized carbons (Fsp3) is 0.286. The van der Waals surface area contributed by atoms with Gasteiger partial charge in [0, 0.05) is 19.3 Å². The number of hydrogen-bond acceptors (Lipinski definition) is 4. The Morgan fingerprint density at radius 3 is 2.95 bits per heavy atom. The van der Waals surface area contributed by atoms with Gasteiger partial charge in [0.15, 0.2) is 5.69 Å². The van der Waals surface area contributed by atoms with Crippen LogP contribution in [0, 0.1) is 0 Å². The molecule has 0 fully saturated rings. The zero-order valence-electron chi connectivity index (χ0n) is 10.9. The second-order valence-electron chi connectivity index (χ2n) is 4.47. The third-order valence-corrected chi connectivity index (χ3v) is 3.81. The van der Waals surface area contributed by atoms with E-state index in [4.69, 9.17) is 0 Å². The van der Waals surface area contributed by atoms with Crippen molar-refractivity contribution in [1.29, 1.82) is 0 Å². The van der Waals surface area contributed by atoms with Crippen LogP contribution in [0.25, 0.3) is 0 Å². The first-order valence-electron chi connectivity index (χ1n) is 6.02. The van der Waals surface area contributed by atoms with Gasteiger partial charge in [-0.1, -0.05) is 0 Å². The molecule has 2 heterocycles. The molecule has 19 heavy (non-hydrogen) atoms. The molecule has 1 atom stereocenters. The van der Waals surface area contributed by atoms with E-state index in [1.165, 1.54) is 17.8 Å². The summed E-state index contributed by atoms with van der Waals surface area (Å²) in [5.41, 5.74) is 1.31. The number of aromatic nitrogens is 1. The highest BCUT2D eigenvalue weighted by atomic mass is 32.1. The Bertz CT molecular complexity index is 554. The quantitative estimate of drug-likeness (QED) is 0.933. The van der Waals surface area contributed by atoms with Crippen LogP contribution in [-0.2, 0) is 6.42 Å². The monoisotopic (exact) mass is 276 g/mol. The Hall–Kier alpha value is -1.88. The van der Waals surface area contributed by atoms with Gasteiger partial charge >= 0.3 is 0 Å². The van der Waals surface area contributed by atoms with Gasteiger partial charge in [-0.3, -0.25) is 4.79 Å². The van der Waals surface area contributed by atoms with Gasteiger partial charge in [-0.15, -0.1) is 0 Å². The van der Waals surface area contributed by atoms with Gasteiger partial charge < -0.3 is 10.0 Å². The molecule has 0 aliphatic rings. The fourth-order valence-electron chi connectivity index (χ4n) is 1.82. The van der Waals surface area contributed by atoms with Crippen LogP contribution in [-0.4, -0.2) is 34.0 Å². The van der Waals surface area contributed by atoms with E-state index in [1.807, 2.05) is 12.3 Å². The lowest BCUT2D eigenvalue weighted by Gasteiger charge is -2.24. The van der Waals surface area contributed by atoms with Gasteiger partial charge in [-0.2, -0.15) is 11.3 Å². The van der Waals surface area contributed by atoms with E-state index < -0.39 is 0 Å². The molecule has 2 aromatic rings. The number of carbonyl (C=O) groups excluding carboxylic acids is 1. The largest absolute Gasteiger partial charge is 0.505 e. The van der Waals surface area contributed by atoms with Crippen molar-refractivity contribution in [1.82, 2.24) is 9.88 Å². The number of hydrogen-bond donors (Lipinski definition) is 1. The topological polar surface area (TPSA) is 53.4 Å². The molecule has 1 N–H and O–H groups in total. The van der Waals surface area contributed by atoms with Crippen molar-refractivity contribution in [3.63, 3.8) is 0 Å². The highest BCUT2D eigenvalue weighted by molar-refractivity contribution is 7.07. The number of rotatable bonds is 4. The maximum Gasteiger partial charge on any atom is 0.276 e. The van der Waals surface area contributed by atoms with E-state index in [0.29, 0.717) is 0 Å². The molecule has 0 bridgehead atoms. The van der Waals surface area contributed by atoms with Crippen molar-refractivity contribution in [3.05, 3.63) is 46.4 Å². The van der Waals surface area contributed by atoms with Crippen LogP contribution in [0.5, 0.6) is 5.75 Å². The van der Waals surface area contributed by atoms with E-state index in [2.05, 4.69) is 16.4 Å². The minimum atomic E-state index is -0.263. The zero-order chi connectivity index (χ0) is 13.8. The Morgan fingerprint density at radius 2 is 2.32 bits per heavy atom. The number of amides is 1. The lowest BCUT2D eigenvalue weighted by atomic mass is 10.1. The number of likely N-dealkylation sites (N-methyl/N-ethyl adjacent to an activating group) is 1. The van der Waals surface area contributed by atoms with Gasteiger partial charge in [0.1, 0.15) is 5.75 Å². The molecule has 0 radical (unpaired) electrons. The smallest absolute Gasteiger partial charge is 0.276 e. The second-order valence-corrected chi connectivity index (χ2v) is 5.25. The molecular formula is C14H16N2O2S. The van der Waals surface area contributed by atoms with Gasteiger partial charge in [0.05, 0.1) is 0 Å². The predicted molar refractivity (Wildman–Crippen MR) is 75.5 cm³/mol. The average molecular weight is 276 g/mol. The predicted octanol–water partition coefficient (Wildman–Crippen LogP) is 2.55. The molecule has 1 amide bonds. The highest BCUT2D eigenvalue weighted by Gasteiger charge is 2.21. The van der Waals surface area contributed by atoms with Crippen molar-refractivity contribution >= 4 is 17.2 Å². The molecule has 4 nitrogen and oxygen atoms in total. The van der Waals surface area contributed by atoms with Crippen LogP contribution in [0.2, 0.25) is 0 Å². The molecule has 100 valence electrons. The summed E-state index contributed by atoms with van der Waals surface area (Å²) >= 11 is 1.64. The number of nitrogens with zero attached hydrogens (tertiary/aromatic N) is 2. The molecule has 2 rings (SSSR count). The lowest BCUT2D eigenvalue weighted by molar-refractivity contribution is 0.0734. The molecule has 0 aromatic carbocycles. The molecule has 0 saturated heterocycles. The molecule has 0 aliphatic heterocycles. The van der Waals surface area contributed by atoms with E-state index >= 15 is 0 Å². The van der Waals surface area contributed by atoms with Crippen LogP contribution in [0.4, 0.5) is 0 Å². The standard InChI is InChI=1S/C14H16N2O2S/c1-10(8-11-5-7-19-9-11)16(2)14(18)13-12(17)4-3-6-15-13/h3-7,9-10,17H,8H2,1-2H3. The summed E-state index contributed by atoms with van der Waals surface area (Å²) in [6, 6.07) is 5.17. The van der Waals surface area contributed by atoms with Crippen LogP contribution < -0.4 is 0 Å². The molecule has 1 unspecified atom stereocenters. The Morgan fingerprint density at radius 1 is 1.53 bits per heavy atom. The summed E-state index contributed by atoms with van der Waals surface area (Å²) in [4.78, 5) is 17.8. The molecule has 2 aromatic heterocycles. The van der Waals surface area contributed by atoms with Gasteiger partial charge in [0.25, 0.3) is 5.91 Å². The average Bonchev–Trinajstić information content (AvgIpc) is 2.90. The first-order chi connectivity index (χ1) is 9.09. The summed E-state index contributed by atoms with van der Waals surface area (Å²) in [6.45, 7) is 1.98.